The van der Waals surface area contributed by atoms with Gasteiger partial charge in [0, 0.05) is 24.5 Å². The van der Waals surface area contributed by atoms with Crippen LogP contribution in [0.25, 0.3) is 0 Å². The molecule has 3 aliphatic rings. The predicted molar refractivity (Wildman–Crippen MR) is 101 cm³/mol. The number of piperidine rings is 1. The van der Waals surface area contributed by atoms with Gasteiger partial charge in [0.2, 0.25) is 11.8 Å². The van der Waals surface area contributed by atoms with Crippen molar-refractivity contribution in [3.8, 4) is 0 Å². The number of nitrogens with zero attached hydrogens (tertiary/aromatic N) is 3. The van der Waals surface area contributed by atoms with Crippen LogP contribution in [0.15, 0.2) is 35.2 Å². The molecule has 2 bridgehead atoms. The summed E-state index contributed by atoms with van der Waals surface area (Å²) < 4.78 is 0. The van der Waals surface area contributed by atoms with Gasteiger partial charge >= 0.3 is 0 Å². The lowest BCUT2D eigenvalue weighted by Gasteiger charge is -2.35. The molecule has 0 N–H and O–H groups in total. The van der Waals surface area contributed by atoms with E-state index in [4.69, 9.17) is 0 Å². The average molecular weight is 369 g/mol. The molecule has 0 spiro atoms. The normalized spacial score (nSPS) is 22.6. The zero-order valence-electron chi connectivity index (χ0n) is 14.9. The summed E-state index contributed by atoms with van der Waals surface area (Å²) in [5.41, 5.74) is 4.96. The molecule has 2 atom stereocenters. The Morgan fingerprint density at radius 1 is 1.23 bits per heavy atom. The minimum Gasteiger partial charge on any atom is -0.340 e. The summed E-state index contributed by atoms with van der Waals surface area (Å²) in [5.74, 6) is 0.225. The number of thiazole rings is 1. The molecule has 3 saturated heterocycles. The van der Waals surface area contributed by atoms with Crippen molar-refractivity contribution in [1.29, 1.82) is 0 Å². The molecule has 1 aromatic heterocycles. The van der Waals surface area contributed by atoms with E-state index in [1.54, 1.807) is 16.8 Å². The Labute approximate surface area is 157 Å². The van der Waals surface area contributed by atoms with Gasteiger partial charge < -0.3 is 9.80 Å². The van der Waals surface area contributed by atoms with Gasteiger partial charge in [-0.1, -0.05) is 29.8 Å². The number of benzene rings is 1. The van der Waals surface area contributed by atoms with Crippen molar-refractivity contribution in [3.05, 3.63) is 52.0 Å². The van der Waals surface area contributed by atoms with Crippen molar-refractivity contribution < 1.29 is 9.59 Å². The third-order valence-corrected chi connectivity index (χ3v) is 6.07. The third-order valence-electron chi connectivity index (χ3n) is 5.44. The second-order valence-electron chi connectivity index (χ2n) is 7.34. The van der Waals surface area contributed by atoms with Crippen molar-refractivity contribution >= 4 is 23.2 Å². The van der Waals surface area contributed by atoms with Gasteiger partial charge in [0.25, 0.3) is 0 Å². The molecular weight excluding hydrogens is 346 g/mol. The van der Waals surface area contributed by atoms with Crippen molar-refractivity contribution in [2.45, 2.75) is 38.8 Å². The molecule has 136 valence electrons. The molecule has 0 radical (unpaired) electrons. The van der Waals surface area contributed by atoms with Crippen LogP contribution in [-0.4, -0.2) is 45.7 Å². The van der Waals surface area contributed by atoms with E-state index in [-0.39, 0.29) is 23.8 Å². The van der Waals surface area contributed by atoms with Gasteiger partial charge in [-0.05, 0) is 25.3 Å². The smallest absolute Gasteiger partial charge is 0.228 e. The summed E-state index contributed by atoms with van der Waals surface area (Å²) in [4.78, 5) is 33.9. The van der Waals surface area contributed by atoms with E-state index < -0.39 is 0 Å². The third kappa shape index (κ3) is 3.51. The fraction of sp³-hybridized carbons (Fsp3) is 0.450. The number of hydrogen-bond donors (Lipinski definition) is 0. The summed E-state index contributed by atoms with van der Waals surface area (Å²) >= 11 is 1.55. The number of carbonyl (C=O) groups is 2. The van der Waals surface area contributed by atoms with Crippen LogP contribution in [0.2, 0.25) is 0 Å². The minimum atomic E-state index is -0.0747. The van der Waals surface area contributed by atoms with Crippen LogP contribution in [0.3, 0.4) is 0 Å². The fourth-order valence-electron chi connectivity index (χ4n) is 3.93. The highest BCUT2D eigenvalue weighted by atomic mass is 32.1. The maximum Gasteiger partial charge on any atom is 0.228 e. The standard InChI is InChI=1S/C20H23N3O2S/c1-14-2-4-15(5-3-14)8-19(24)22-9-16-6-7-18(11-22)23(20(16)25)10-17-12-26-13-21-17/h2-5,12-13,16,18H,6-11H2,1H3/t16-,18+/m1/s1. The zero-order valence-corrected chi connectivity index (χ0v) is 15.7. The SMILES string of the molecule is Cc1ccc(CC(=O)N2C[C@H]3CC[C@@H](C2)N(Cc2cscn2)C3=O)cc1. The van der Waals surface area contributed by atoms with E-state index in [1.807, 2.05) is 46.4 Å². The molecule has 1 aromatic carbocycles. The molecule has 2 aromatic rings. The number of amides is 2. The number of fused-ring (bicyclic) bond motifs is 4. The van der Waals surface area contributed by atoms with Gasteiger partial charge in [0.1, 0.15) is 0 Å². The average Bonchev–Trinajstić information content (AvgIpc) is 2.99. The van der Waals surface area contributed by atoms with Crippen LogP contribution in [0.4, 0.5) is 0 Å². The molecule has 2 amide bonds. The van der Waals surface area contributed by atoms with Crippen LogP contribution < -0.4 is 0 Å². The molecule has 5 nitrogen and oxygen atoms in total. The largest absolute Gasteiger partial charge is 0.340 e. The van der Waals surface area contributed by atoms with Crippen LogP contribution in [0.5, 0.6) is 0 Å². The summed E-state index contributed by atoms with van der Waals surface area (Å²) in [7, 11) is 0. The van der Waals surface area contributed by atoms with Crippen molar-refractivity contribution in [2.75, 3.05) is 13.1 Å². The monoisotopic (exact) mass is 369 g/mol. The van der Waals surface area contributed by atoms with Crippen LogP contribution in [-0.2, 0) is 22.6 Å². The van der Waals surface area contributed by atoms with Crippen LogP contribution >= 0.6 is 11.3 Å². The molecule has 0 aliphatic carbocycles. The Hall–Kier alpha value is -2.21. The number of aryl methyl sites for hydroxylation is 1. The van der Waals surface area contributed by atoms with Gasteiger partial charge in [-0.25, -0.2) is 4.98 Å². The number of carbonyl (C=O) groups excluding carboxylic acids is 2. The van der Waals surface area contributed by atoms with E-state index in [0.29, 0.717) is 26.1 Å². The molecule has 26 heavy (non-hydrogen) atoms. The highest BCUT2D eigenvalue weighted by molar-refractivity contribution is 7.07. The van der Waals surface area contributed by atoms with E-state index in [1.165, 1.54) is 5.56 Å². The lowest BCUT2D eigenvalue weighted by atomic mass is 9.94. The molecule has 4 heterocycles. The lowest BCUT2D eigenvalue weighted by Crippen LogP contribution is -2.47. The van der Waals surface area contributed by atoms with Crippen LogP contribution in [0, 0.1) is 12.8 Å². The maximum atomic E-state index is 12.9. The minimum absolute atomic E-state index is 0.0747. The molecular formula is C20H23N3O2S. The van der Waals surface area contributed by atoms with E-state index in [0.717, 1.165) is 24.1 Å². The van der Waals surface area contributed by atoms with Crippen molar-refractivity contribution in [1.82, 2.24) is 14.8 Å². The molecule has 0 saturated carbocycles. The quantitative estimate of drug-likeness (QED) is 0.833. The number of rotatable bonds is 4. The zero-order chi connectivity index (χ0) is 18.1. The summed E-state index contributed by atoms with van der Waals surface area (Å²) in [6.45, 7) is 3.79. The first-order valence-electron chi connectivity index (χ1n) is 9.11. The van der Waals surface area contributed by atoms with E-state index in [9.17, 15) is 9.59 Å². The Kier molecular flexibility index (Phi) is 4.76. The first-order chi connectivity index (χ1) is 12.6. The van der Waals surface area contributed by atoms with Gasteiger partial charge in [0.15, 0.2) is 0 Å². The fourth-order valence-corrected chi connectivity index (χ4v) is 4.48. The molecule has 0 unspecified atom stereocenters. The Balaban J connectivity index is 1.47. The molecule has 6 heteroatoms. The summed E-state index contributed by atoms with van der Waals surface area (Å²) in [6.07, 6.45) is 2.25. The van der Waals surface area contributed by atoms with Gasteiger partial charge in [-0.15, -0.1) is 11.3 Å². The first-order valence-corrected chi connectivity index (χ1v) is 10.1. The Morgan fingerprint density at radius 3 is 2.77 bits per heavy atom. The van der Waals surface area contributed by atoms with Crippen LogP contribution in [0.1, 0.15) is 29.7 Å². The highest BCUT2D eigenvalue weighted by Crippen LogP contribution is 2.30. The number of hydrogen-bond acceptors (Lipinski definition) is 4. The predicted octanol–water partition coefficient (Wildman–Crippen LogP) is 2.64. The van der Waals surface area contributed by atoms with Gasteiger partial charge in [0.05, 0.1) is 30.1 Å². The molecule has 5 rings (SSSR count). The molecule has 3 fully saturated rings. The maximum absolute atomic E-state index is 12.9. The Morgan fingerprint density at radius 2 is 2.04 bits per heavy atom. The van der Waals surface area contributed by atoms with Gasteiger partial charge in [-0.2, -0.15) is 0 Å². The van der Waals surface area contributed by atoms with Crippen molar-refractivity contribution in [2.24, 2.45) is 5.92 Å². The van der Waals surface area contributed by atoms with Crippen molar-refractivity contribution in [3.63, 3.8) is 0 Å². The lowest BCUT2D eigenvalue weighted by molar-refractivity contribution is -0.140. The van der Waals surface area contributed by atoms with E-state index >= 15 is 0 Å². The molecule has 3 aliphatic heterocycles. The second kappa shape index (κ2) is 7.19. The summed E-state index contributed by atoms with van der Waals surface area (Å²) in [5, 5.41) is 1.99. The summed E-state index contributed by atoms with van der Waals surface area (Å²) in [6, 6.07) is 8.20. The van der Waals surface area contributed by atoms with Gasteiger partial charge in [-0.3, -0.25) is 9.59 Å². The topological polar surface area (TPSA) is 53.5 Å². The Bertz CT molecular complexity index is 788. The van der Waals surface area contributed by atoms with E-state index in [2.05, 4.69) is 4.98 Å². The number of aromatic nitrogens is 1. The second-order valence-corrected chi connectivity index (χ2v) is 8.05. The first kappa shape index (κ1) is 17.2. The highest BCUT2D eigenvalue weighted by Gasteiger charge is 2.41.